The molecular formula is C20H19N7O. The first-order chi connectivity index (χ1) is 13.8. The molecule has 2 aliphatic rings. The Morgan fingerprint density at radius 2 is 2.25 bits per heavy atom. The van der Waals surface area contributed by atoms with Crippen molar-refractivity contribution in [1.82, 2.24) is 24.8 Å². The van der Waals surface area contributed by atoms with Gasteiger partial charge >= 0.3 is 0 Å². The fourth-order valence-corrected chi connectivity index (χ4v) is 3.45. The van der Waals surface area contributed by atoms with Crippen LogP contribution in [-0.4, -0.2) is 31.1 Å². The number of hydrogen-bond donors (Lipinski definition) is 1. The number of nitrogens with zero attached hydrogens (tertiary/aromatic N) is 6. The number of hydrogen-bond acceptors (Lipinski definition) is 7. The predicted octanol–water partition coefficient (Wildman–Crippen LogP) is 3.53. The molecule has 0 amide bonds. The number of nitrogens with one attached hydrogen (secondary N) is 1. The summed E-state index contributed by atoms with van der Waals surface area (Å²) in [6.07, 6.45) is 15.6. The second kappa shape index (κ2) is 6.88. The minimum Gasteiger partial charge on any atom is -0.444 e. The normalized spacial score (nSPS) is 18.4. The lowest BCUT2D eigenvalue weighted by Gasteiger charge is -2.15. The van der Waals surface area contributed by atoms with Gasteiger partial charge in [0.1, 0.15) is 0 Å². The van der Waals surface area contributed by atoms with Crippen LogP contribution in [0.5, 0.6) is 0 Å². The largest absolute Gasteiger partial charge is 0.444 e. The minimum atomic E-state index is 0.385. The van der Waals surface area contributed by atoms with Crippen LogP contribution >= 0.6 is 0 Å². The fourth-order valence-electron chi connectivity index (χ4n) is 3.45. The van der Waals surface area contributed by atoms with E-state index in [1.807, 2.05) is 18.5 Å². The van der Waals surface area contributed by atoms with Gasteiger partial charge in [-0.1, -0.05) is 13.0 Å². The highest BCUT2D eigenvalue weighted by molar-refractivity contribution is 5.73. The van der Waals surface area contributed by atoms with E-state index in [0.29, 0.717) is 11.9 Å². The molecule has 1 aliphatic carbocycles. The van der Waals surface area contributed by atoms with Gasteiger partial charge in [0, 0.05) is 29.2 Å². The van der Waals surface area contributed by atoms with E-state index in [-0.39, 0.29) is 0 Å². The van der Waals surface area contributed by atoms with Crippen molar-refractivity contribution in [3.63, 3.8) is 0 Å². The lowest BCUT2D eigenvalue weighted by molar-refractivity contribution is 0.545. The van der Waals surface area contributed by atoms with Crippen molar-refractivity contribution in [2.75, 3.05) is 5.32 Å². The molecule has 1 unspecified atom stereocenters. The summed E-state index contributed by atoms with van der Waals surface area (Å²) in [7, 11) is 0. The molecule has 1 aliphatic heterocycles. The van der Waals surface area contributed by atoms with Gasteiger partial charge in [0.25, 0.3) is 0 Å². The van der Waals surface area contributed by atoms with Crippen LogP contribution in [0.2, 0.25) is 0 Å². The molecule has 8 heteroatoms. The summed E-state index contributed by atoms with van der Waals surface area (Å²) < 4.78 is 5.40. The molecule has 0 fully saturated rings. The lowest BCUT2D eigenvalue weighted by atomic mass is 10.0. The smallest absolute Gasteiger partial charge is 0.227 e. The maximum absolute atomic E-state index is 5.40. The predicted molar refractivity (Wildman–Crippen MR) is 105 cm³/mol. The van der Waals surface area contributed by atoms with Crippen LogP contribution in [0.3, 0.4) is 0 Å². The number of anilines is 1. The summed E-state index contributed by atoms with van der Waals surface area (Å²) in [6.45, 7) is 2.14. The van der Waals surface area contributed by atoms with Gasteiger partial charge in [0.15, 0.2) is 12.2 Å². The van der Waals surface area contributed by atoms with E-state index in [1.165, 1.54) is 6.39 Å². The zero-order valence-electron chi connectivity index (χ0n) is 15.4. The van der Waals surface area contributed by atoms with Crippen molar-refractivity contribution in [2.24, 2.45) is 11.0 Å². The molecule has 8 nitrogen and oxygen atoms in total. The number of oxazole rings is 1. The summed E-state index contributed by atoms with van der Waals surface area (Å²) in [4.78, 5) is 14.8. The van der Waals surface area contributed by atoms with Crippen molar-refractivity contribution < 1.29 is 4.42 Å². The standard InChI is InChI=1S/C20H19N7O/c1-13-7-18-16(10-24-27(18)23-9-13)17-5-6-22-20(26-17)25-15-4-2-3-14(8-15)19-11-21-12-28-19/h3,5-6,8-13H,2,4,7H2,1H3,(H,22,25,26). The van der Waals surface area contributed by atoms with E-state index in [2.05, 4.69) is 44.6 Å². The summed E-state index contributed by atoms with van der Waals surface area (Å²) in [5.41, 5.74) is 4.97. The molecule has 1 N–H and O–H groups in total. The molecule has 0 aromatic carbocycles. The molecule has 1 atom stereocenters. The molecule has 3 aromatic heterocycles. The molecular weight excluding hydrogens is 354 g/mol. The van der Waals surface area contributed by atoms with Gasteiger partial charge in [0.05, 0.1) is 23.8 Å². The van der Waals surface area contributed by atoms with E-state index in [9.17, 15) is 0 Å². The van der Waals surface area contributed by atoms with Crippen LogP contribution in [0.15, 0.2) is 58.4 Å². The molecule has 28 heavy (non-hydrogen) atoms. The first-order valence-electron chi connectivity index (χ1n) is 9.27. The quantitative estimate of drug-likeness (QED) is 0.752. The van der Waals surface area contributed by atoms with Crippen molar-refractivity contribution in [3.05, 3.63) is 60.4 Å². The number of fused-ring (bicyclic) bond motifs is 1. The molecule has 3 aromatic rings. The Kier molecular flexibility index (Phi) is 4.08. The number of allylic oxidation sites excluding steroid dienone is 4. The third kappa shape index (κ3) is 3.13. The van der Waals surface area contributed by atoms with Gasteiger partial charge in [-0.05, 0) is 37.3 Å². The van der Waals surface area contributed by atoms with Crippen LogP contribution in [0.25, 0.3) is 16.8 Å². The van der Waals surface area contributed by atoms with Crippen LogP contribution in [0.4, 0.5) is 5.95 Å². The molecule has 140 valence electrons. The Balaban J connectivity index is 1.41. The fraction of sp³-hybridized carbons (Fsp3) is 0.250. The highest BCUT2D eigenvalue weighted by atomic mass is 16.3. The van der Waals surface area contributed by atoms with Gasteiger partial charge in [-0.3, -0.25) is 0 Å². The van der Waals surface area contributed by atoms with Crippen molar-refractivity contribution in [3.8, 4) is 11.3 Å². The van der Waals surface area contributed by atoms with Crippen molar-refractivity contribution in [1.29, 1.82) is 0 Å². The summed E-state index contributed by atoms with van der Waals surface area (Å²) in [5.74, 6) is 1.71. The highest BCUT2D eigenvalue weighted by Crippen LogP contribution is 2.28. The first kappa shape index (κ1) is 16.6. The van der Waals surface area contributed by atoms with Gasteiger partial charge in [-0.2, -0.15) is 15.0 Å². The Hall–Kier alpha value is -3.55. The maximum Gasteiger partial charge on any atom is 0.227 e. The maximum atomic E-state index is 5.40. The van der Waals surface area contributed by atoms with E-state index < -0.39 is 0 Å². The molecule has 0 spiro atoms. The zero-order valence-corrected chi connectivity index (χ0v) is 15.4. The van der Waals surface area contributed by atoms with Gasteiger partial charge in [-0.15, -0.1) is 0 Å². The third-order valence-electron chi connectivity index (χ3n) is 4.82. The Labute approximate surface area is 161 Å². The molecule has 4 heterocycles. The number of rotatable bonds is 4. The highest BCUT2D eigenvalue weighted by Gasteiger charge is 2.19. The molecule has 0 radical (unpaired) electrons. The first-order valence-corrected chi connectivity index (χ1v) is 9.27. The van der Waals surface area contributed by atoms with E-state index in [4.69, 9.17) is 9.40 Å². The van der Waals surface area contributed by atoms with Gasteiger partial charge in [0.2, 0.25) is 5.95 Å². The Bertz CT molecular complexity index is 1090. The number of aromatic nitrogens is 5. The lowest BCUT2D eigenvalue weighted by Crippen LogP contribution is -2.14. The molecule has 0 saturated heterocycles. The van der Waals surface area contributed by atoms with E-state index >= 15 is 0 Å². The second-order valence-electron chi connectivity index (χ2n) is 6.96. The average Bonchev–Trinajstić information content (AvgIpc) is 3.38. The third-order valence-corrected chi connectivity index (χ3v) is 4.82. The average molecular weight is 373 g/mol. The van der Waals surface area contributed by atoms with E-state index in [1.54, 1.807) is 17.2 Å². The minimum absolute atomic E-state index is 0.385. The Morgan fingerprint density at radius 1 is 1.29 bits per heavy atom. The topological polar surface area (TPSA) is 94.0 Å². The van der Waals surface area contributed by atoms with Gasteiger partial charge in [-0.25, -0.2) is 15.0 Å². The van der Waals surface area contributed by atoms with Gasteiger partial charge < -0.3 is 9.73 Å². The van der Waals surface area contributed by atoms with Crippen molar-refractivity contribution >= 4 is 17.7 Å². The summed E-state index contributed by atoms with van der Waals surface area (Å²) in [6, 6.07) is 1.90. The summed E-state index contributed by atoms with van der Waals surface area (Å²) >= 11 is 0. The molecule has 0 bridgehead atoms. The Morgan fingerprint density at radius 3 is 3.14 bits per heavy atom. The van der Waals surface area contributed by atoms with Crippen LogP contribution in [0.1, 0.15) is 31.2 Å². The second-order valence-corrected chi connectivity index (χ2v) is 6.96. The molecule has 0 saturated carbocycles. The van der Waals surface area contributed by atoms with Crippen LogP contribution in [-0.2, 0) is 6.42 Å². The van der Waals surface area contributed by atoms with Crippen molar-refractivity contribution in [2.45, 2.75) is 26.2 Å². The SMILES string of the molecule is CC1C=Nn2ncc(-c3ccnc(NC4=CC(c5cnco5)=CCC4)n3)c2C1. The summed E-state index contributed by atoms with van der Waals surface area (Å²) in [5, 5.41) is 12.1. The van der Waals surface area contributed by atoms with E-state index in [0.717, 1.165) is 53.2 Å². The zero-order chi connectivity index (χ0) is 18.9. The molecule has 5 rings (SSSR count). The van der Waals surface area contributed by atoms with Crippen LogP contribution < -0.4 is 5.32 Å². The monoisotopic (exact) mass is 373 g/mol. The van der Waals surface area contributed by atoms with Crippen LogP contribution in [0, 0.1) is 5.92 Å².